The average Bonchev–Trinajstić information content (AvgIpc) is 2.36. The summed E-state index contributed by atoms with van der Waals surface area (Å²) in [6, 6.07) is 0. The summed E-state index contributed by atoms with van der Waals surface area (Å²) in [5.41, 5.74) is 0.413. The maximum Gasteiger partial charge on any atom is 0.332 e. The molecule has 0 saturated carbocycles. The third kappa shape index (κ3) is 3.55. The Labute approximate surface area is 128 Å². The Morgan fingerprint density at radius 1 is 1.48 bits per heavy atom. The lowest BCUT2D eigenvalue weighted by atomic mass is 10.2. The zero-order valence-corrected chi connectivity index (χ0v) is 13.7. The highest BCUT2D eigenvalue weighted by atomic mass is 32.2. The van der Waals surface area contributed by atoms with Crippen LogP contribution in [0, 0.1) is 17.0 Å². The summed E-state index contributed by atoms with van der Waals surface area (Å²) in [4.78, 5) is 21.6. The molecule has 0 bridgehead atoms. The van der Waals surface area contributed by atoms with E-state index >= 15 is 0 Å². The number of hydrogen-bond donors (Lipinski definition) is 1. The molecule has 1 aliphatic heterocycles. The van der Waals surface area contributed by atoms with Gasteiger partial charge in [-0.3, -0.25) is 10.1 Å². The summed E-state index contributed by atoms with van der Waals surface area (Å²) in [5, 5.41) is 14.4. The summed E-state index contributed by atoms with van der Waals surface area (Å²) in [6.45, 7) is 10.1. The van der Waals surface area contributed by atoms with Crippen LogP contribution in [0.4, 0.5) is 17.5 Å². The molecular weight excluding hydrogens is 290 g/mol. The Hall–Kier alpha value is -1.57. The number of nitrogens with zero attached hydrogens (tertiary/aromatic N) is 4. The van der Waals surface area contributed by atoms with Crippen molar-refractivity contribution in [2.45, 2.75) is 32.4 Å². The molecule has 0 unspecified atom stereocenters. The maximum atomic E-state index is 11.4. The molecule has 1 fully saturated rings. The Bertz CT molecular complexity index is 550. The van der Waals surface area contributed by atoms with E-state index in [4.69, 9.17) is 0 Å². The molecule has 0 radical (unpaired) electrons. The van der Waals surface area contributed by atoms with Crippen molar-refractivity contribution < 1.29 is 4.92 Å². The van der Waals surface area contributed by atoms with Gasteiger partial charge in [-0.15, -0.1) is 0 Å². The third-order valence-corrected chi connectivity index (χ3v) is 4.58. The zero-order valence-electron chi connectivity index (χ0n) is 12.8. The van der Waals surface area contributed by atoms with Gasteiger partial charge in [-0.2, -0.15) is 16.7 Å². The molecule has 1 saturated heterocycles. The number of aryl methyl sites for hydroxylation is 1. The van der Waals surface area contributed by atoms with E-state index in [9.17, 15) is 10.1 Å². The SMILES string of the molecule is CCNc1nc(C)c([N+](=O)[O-])c(N2CCSC(C)(C)C2)n1. The molecule has 1 aliphatic rings. The monoisotopic (exact) mass is 311 g/mol. The molecule has 0 aromatic carbocycles. The van der Waals surface area contributed by atoms with E-state index in [2.05, 4.69) is 29.1 Å². The second-order valence-corrected chi connectivity index (χ2v) is 7.42. The van der Waals surface area contributed by atoms with E-state index in [1.807, 2.05) is 23.6 Å². The number of hydrogen-bond acceptors (Lipinski definition) is 7. The van der Waals surface area contributed by atoms with E-state index in [-0.39, 0.29) is 15.4 Å². The molecule has 0 amide bonds. The average molecular weight is 311 g/mol. The highest BCUT2D eigenvalue weighted by molar-refractivity contribution is 8.00. The van der Waals surface area contributed by atoms with Crippen LogP contribution in [0.2, 0.25) is 0 Å². The number of thioether (sulfide) groups is 1. The molecule has 2 heterocycles. The Morgan fingerprint density at radius 2 is 2.19 bits per heavy atom. The fourth-order valence-corrected chi connectivity index (χ4v) is 3.53. The molecule has 2 rings (SSSR count). The van der Waals surface area contributed by atoms with Crippen LogP contribution in [0.3, 0.4) is 0 Å². The highest BCUT2D eigenvalue weighted by Crippen LogP contribution is 2.36. The van der Waals surface area contributed by atoms with Crippen molar-refractivity contribution in [3.05, 3.63) is 15.8 Å². The minimum Gasteiger partial charge on any atom is -0.354 e. The molecule has 0 aliphatic carbocycles. The van der Waals surface area contributed by atoms with Gasteiger partial charge in [-0.05, 0) is 27.7 Å². The quantitative estimate of drug-likeness (QED) is 0.675. The van der Waals surface area contributed by atoms with Gasteiger partial charge in [0.2, 0.25) is 11.8 Å². The molecule has 116 valence electrons. The van der Waals surface area contributed by atoms with Gasteiger partial charge in [0.15, 0.2) is 0 Å². The summed E-state index contributed by atoms with van der Waals surface area (Å²) >= 11 is 1.88. The van der Waals surface area contributed by atoms with Gasteiger partial charge in [-0.1, -0.05) is 0 Å². The predicted molar refractivity (Wildman–Crippen MR) is 86.3 cm³/mol. The predicted octanol–water partition coefficient (Wildman–Crippen LogP) is 2.46. The van der Waals surface area contributed by atoms with Crippen LogP contribution in [-0.2, 0) is 0 Å². The second kappa shape index (κ2) is 6.05. The van der Waals surface area contributed by atoms with Gasteiger partial charge < -0.3 is 10.2 Å². The normalized spacial score (nSPS) is 17.6. The van der Waals surface area contributed by atoms with E-state index in [1.54, 1.807) is 6.92 Å². The van der Waals surface area contributed by atoms with Crippen LogP contribution in [0.25, 0.3) is 0 Å². The maximum absolute atomic E-state index is 11.4. The van der Waals surface area contributed by atoms with Crippen molar-refractivity contribution in [2.75, 3.05) is 35.6 Å². The Balaban J connectivity index is 2.46. The molecule has 1 aromatic rings. The standard InChI is InChI=1S/C13H21N5O2S/c1-5-14-12-15-9(2)10(18(19)20)11(16-12)17-6-7-21-13(3,4)8-17/h5-8H2,1-4H3,(H,14,15,16). The van der Waals surface area contributed by atoms with Crippen LogP contribution in [0.5, 0.6) is 0 Å². The first-order chi connectivity index (χ1) is 9.84. The van der Waals surface area contributed by atoms with Gasteiger partial charge in [0.1, 0.15) is 5.69 Å². The first kappa shape index (κ1) is 15.8. The van der Waals surface area contributed by atoms with E-state index < -0.39 is 0 Å². The van der Waals surface area contributed by atoms with Gasteiger partial charge in [0, 0.05) is 30.1 Å². The van der Waals surface area contributed by atoms with Crippen molar-refractivity contribution in [1.29, 1.82) is 0 Å². The van der Waals surface area contributed by atoms with E-state index in [0.717, 1.165) is 18.8 Å². The van der Waals surface area contributed by atoms with Crippen molar-refractivity contribution in [2.24, 2.45) is 0 Å². The summed E-state index contributed by atoms with van der Waals surface area (Å²) in [6.07, 6.45) is 0. The van der Waals surface area contributed by atoms with Crippen LogP contribution < -0.4 is 10.2 Å². The van der Waals surface area contributed by atoms with Crippen LogP contribution in [0.1, 0.15) is 26.5 Å². The van der Waals surface area contributed by atoms with Gasteiger partial charge in [0.25, 0.3) is 0 Å². The lowest BCUT2D eigenvalue weighted by Crippen LogP contribution is -2.44. The molecule has 7 nitrogen and oxygen atoms in total. The molecule has 8 heteroatoms. The minimum absolute atomic E-state index is 0.0133. The zero-order chi connectivity index (χ0) is 15.6. The van der Waals surface area contributed by atoms with Crippen LogP contribution >= 0.6 is 11.8 Å². The Morgan fingerprint density at radius 3 is 2.76 bits per heavy atom. The number of anilines is 2. The van der Waals surface area contributed by atoms with E-state index in [0.29, 0.717) is 24.0 Å². The highest BCUT2D eigenvalue weighted by Gasteiger charge is 2.33. The smallest absolute Gasteiger partial charge is 0.332 e. The lowest BCUT2D eigenvalue weighted by molar-refractivity contribution is -0.385. The largest absolute Gasteiger partial charge is 0.354 e. The fraction of sp³-hybridized carbons (Fsp3) is 0.692. The van der Waals surface area contributed by atoms with Crippen molar-refractivity contribution >= 4 is 29.2 Å². The first-order valence-electron chi connectivity index (χ1n) is 7.00. The first-order valence-corrected chi connectivity index (χ1v) is 7.98. The molecule has 0 spiro atoms. The van der Waals surface area contributed by atoms with E-state index in [1.165, 1.54) is 0 Å². The second-order valence-electron chi connectivity index (χ2n) is 5.62. The fourth-order valence-electron chi connectivity index (χ4n) is 2.42. The molecule has 1 N–H and O–H groups in total. The number of nitro groups is 1. The lowest BCUT2D eigenvalue weighted by Gasteiger charge is -2.38. The summed E-state index contributed by atoms with van der Waals surface area (Å²) in [7, 11) is 0. The molecule has 0 atom stereocenters. The van der Waals surface area contributed by atoms with Gasteiger partial charge >= 0.3 is 5.69 Å². The Kier molecular flexibility index (Phi) is 4.55. The van der Waals surface area contributed by atoms with Crippen LogP contribution in [-0.4, -0.2) is 45.0 Å². The minimum atomic E-state index is -0.380. The van der Waals surface area contributed by atoms with Crippen molar-refractivity contribution in [3.8, 4) is 0 Å². The summed E-state index contributed by atoms with van der Waals surface area (Å²) < 4.78 is 0.0589. The van der Waals surface area contributed by atoms with Gasteiger partial charge in [0.05, 0.1) is 4.92 Å². The number of aromatic nitrogens is 2. The molecule has 1 aromatic heterocycles. The summed E-state index contributed by atoms with van der Waals surface area (Å²) in [5.74, 6) is 1.81. The molecule has 21 heavy (non-hydrogen) atoms. The van der Waals surface area contributed by atoms with Gasteiger partial charge in [-0.25, -0.2) is 4.98 Å². The van der Waals surface area contributed by atoms with Crippen LogP contribution in [0.15, 0.2) is 0 Å². The topological polar surface area (TPSA) is 84.2 Å². The molecular formula is C13H21N5O2S. The van der Waals surface area contributed by atoms with Crippen molar-refractivity contribution in [3.63, 3.8) is 0 Å². The third-order valence-electron chi connectivity index (χ3n) is 3.28. The number of rotatable bonds is 4. The number of nitrogens with one attached hydrogen (secondary N) is 1. The van der Waals surface area contributed by atoms with Crippen molar-refractivity contribution in [1.82, 2.24) is 9.97 Å².